The van der Waals surface area contributed by atoms with Crippen molar-refractivity contribution in [3.8, 4) is 0 Å². The van der Waals surface area contributed by atoms with E-state index in [9.17, 15) is 0 Å². The van der Waals surface area contributed by atoms with Crippen LogP contribution in [0.2, 0.25) is 0 Å². The molecule has 0 radical (unpaired) electrons. The fourth-order valence-corrected chi connectivity index (χ4v) is 4.27. The Bertz CT molecular complexity index is 159. The van der Waals surface area contributed by atoms with Gasteiger partial charge < -0.3 is 0 Å². The number of hydrogen-bond acceptors (Lipinski definition) is 1. The SMILES string of the molecule is CCCCCCCCCCSC1CCCCCC1. The first-order valence-corrected chi connectivity index (χ1v) is 9.60. The van der Waals surface area contributed by atoms with Gasteiger partial charge >= 0.3 is 0 Å². The quantitative estimate of drug-likeness (QED) is 0.319. The highest BCUT2D eigenvalue weighted by Crippen LogP contribution is 2.28. The van der Waals surface area contributed by atoms with E-state index in [1.165, 1.54) is 95.6 Å². The van der Waals surface area contributed by atoms with E-state index in [-0.39, 0.29) is 0 Å². The van der Waals surface area contributed by atoms with Gasteiger partial charge in [-0.05, 0) is 25.0 Å². The molecule has 0 aromatic carbocycles. The third kappa shape index (κ3) is 9.30. The summed E-state index contributed by atoms with van der Waals surface area (Å²) in [6.07, 6.45) is 20.6. The minimum absolute atomic E-state index is 1.01. The zero-order chi connectivity index (χ0) is 12.9. The first-order valence-electron chi connectivity index (χ1n) is 8.55. The molecule has 18 heavy (non-hydrogen) atoms. The van der Waals surface area contributed by atoms with Crippen molar-refractivity contribution in [3.05, 3.63) is 0 Å². The van der Waals surface area contributed by atoms with Crippen molar-refractivity contribution in [2.24, 2.45) is 0 Å². The Labute approximate surface area is 120 Å². The van der Waals surface area contributed by atoms with Gasteiger partial charge in [-0.3, -0.25) is 0 Å². The Morgan fingerprint density at radius 1 is 0.722 bits per heavy atom. The van der Waals surface area contributed by atoms with Crippen LogP contribution in [0, 0.1) is 0 Å². The molecule has 1 aliphatic carbocycles. The third-order valence-corrected chi connectivity index (χ3v) is 5.62. The highest BCUT2D eigenvalue weighted by Gasteiger charge is 2.11. The lowest BCUT2D eigenvalue weighted by Crippen LogP contribution is -2.01. The lowest BCUT2D eigenvalue weighted by Gasteiger charge is -2.13. The monoisotopic (exact) mass is 270 g/mol. The fourth-order valence-electron chi connectivity index (χ4n) is 2.89. The molecule has 0 spiro atoms. The molecule has 0 atom stereocenters. The maximum absolute atomic E-state index is 2.30. The Hall–Kier alpha value is 0.350. The predicted molar refractivity (Wildman–Crippen MR) is 86.6 cm³/mol. The van der Waals surface area contributed by atoms with Gasteiger partial charge in [0.05, 0.1) is 0 Å². The molecule has 1 aliphatic rings. The Kier molecular flexibility index (Phi) is 11.3. The smallest absolute Gasteiger partial charge is 0.00470 e. The second-order valence-corrected chi connectivity index (χ2v) is 7.37. The van der Waals surface area contributed by atoms with E-state index < -0.39 is 0 Å². The first kappa shape index (κ1) is 16.4. The molecule has 0 N–H and O–H groups in total. The van der Waals surface area contributed by atoms with E-state index in [1.807, 2.05) is 0 Å². The molecule has 1 fully saturated rings. The molecule has 0 aromatic rings. The van der Waals surface area contributed by atoms with Gasteiger partial charge in [-0.1, -0.05) is 77.6 Å². The second-order valence-electron chi connectivity index (χ2n) is 5.96. The van der Waals surface area contributed by atoms with Gasteiger partial charge in [0.2, 0.25) is 0 Å². The van der Waals surface area contributed by atoms with Gasteiger partial charge in [0.25, 0.3) is 0 Å². The molecule has 0 amide bonds. The lowest BCUT2D eigenvalue weighted by molar-refractivity contribution is 0.586. The average Bonchev–Trinajstić information content (AvgIpc) is 2.65. The summed E-state index contributed by atoms with van der Waals surface area (Å²) < 4.78 is 0. The van der Waals surface area contributed by atoms with Crippen molar-refractivity contribution in [1.82, 2.24) is 0 Å². The minimum Gasteiger partial charge on any atom is -0.159 e. The molecule has 1 heteroatoms. The molecule has 0 bridgehead atoms. The molecule has 0 nitrogen and oxygen atoms in total. The number of unbranched alkanes of at least 4 members (excludes halogenated alkanes) is 7. The van der Waals surface area contributed by atoms with Crippen molar-refractivity contribution >= 4 is 11.8 Å². The maximum Gasteiger partial charge on any atom is 0.00470 e. The lowest BCUT2D eigenvalue weighted by atomic mass is 10.1. The van der Waals surface area contributed by atoms with Crippen molar-refractivity contribution in [2.75, 3.05) is 5.75 Å². The minimum atomic E-state index is 1.01. The molecule has 1 saturated carbocycles. The van der Waals surface area contributed by atoms with E-state index in [2.05, 4.69) is 18.7 Å². The van der Waals surface area contributed by atoms with Crippen LogP contribution in [-0.4, -0.2) is 11.0 Å². The van der Waals surface area contributed by atoms with Crippen molar-refractivity contribution < 1.29 is 0 Å². The molecule has 0 saturated heterocycles. The Morgan fingerprint density at radius 3 is 1.89 bits per heavy atom. The number of thioether (sulfide) groups is 1. The molecule has 108 valence electrons. The second kappa shape index (κ2) is 12.4. The topological polar surface area (TPSA) is 0 Å². The van der Waals surface area contributed by atoms with Gasteiger partial charge in [0.1, 0.15) is 0 Å². The van der Waals surface area contributed by atoms with Crippen LogP contribution in [0.3, 0.4) is 0 Å². The van der Waals surface area contributed by atoms with Crippen LogP contribution >= 0.6 is 11.8 Å². The largest absolute Gasteiger partial charge is 0.159 e. The van der Waals surface area contributed by atoms with Gasteiger partial charge in [-0.2, -0.15) is 11.8 Å². The van der Waals surface area contributed by atoms with Crippen molar-refractivity contribution in [1.29, 1.82) is 0 Å². The molecule has 0 heterocycles. The molecule has 0 unspecified atom stereocenters. The normalized spacial score (nSPS) is 17.8. The van der Waals surface area contributed by atoms with E-state index in [0.717, 1.165) is 5.25 Å². The van der Waals surface area contributed by atoms with Crippen LogP contribution in [-0.2, 0) is 0 Å². The van der Waals surface area contributed by atoms with E-state index in [4.69, 9.17) is 0 Å². The van der Waals surface area contributed by atoms with Crippen LogP contribution in [0.15, 0.2) is 0 Å². The summed E-state index contributed by atoms with van der Waals surface area (Å²) in [6, 6.07) is 0. The van der Waals surface area contributed by atoms with Crippen LogP contribution in [0.5, 0.6) is 0 Å². The van der Waals surface area contributed by atoms with Crippen LogP contribution in [0.1, 0.15) is 96.8 Å². The number of rotatable bonds is 10. The van der Waals surface area contributed by atoms with E-state index in [0.29, 0.717) is 0 Å². The summed E-state index contributed by atoms with van der Waals surface area (Å²) in [5.41, 5.74) is 0. The van der Waals surface area contributed by atoms with Gasteiger partial charge in [0.15, 0.2) is 0 Å². The third-order valence-electron chi connectivity index (χ3n) is 4.15. The van der Waals surface area contributed by atoms with Crippen LogP contribution < -0.4 is 0 Å². The van der Waals surface area contributed by atoms with Crippen molar-refractivity contribution in [2.45, 2.75) is 102 Å². The number of hydrogen-bond donors (Lipinski definition) is 0. The summed E-state index contributed by atoms with van der Waals surface area (Å²) in [5, 5.41) is 1.01. The standard InChI is InChI=1S/C17H34S/c1-2-3-4-5-6-7-10-13-16-18-17-14-11-8-9-12-15-17/h17H,2-16H2,1H3. The molecule has 1 rings (SSSR count). The van der Waals surface area contributed by atoms with E-state index in [1.54, 1.807) is 0 Å². The van der Waals surface area contributed by atoms with Gasteiger partial charge in [-0.25, -0.2) is 0 Å². The zero-order valence-corrected chi connectivity index (χ0v) is 13.4. The van der Waals surface area contributed by atoms with Gasteiger partial charge in [0, 0.05) is 5.25 Å². The summed E-state index contributed by atoms with van der Waals surface area (Å²) in [4.78, 5) is 0. The zero-order valence-electron chi connectivity index (χ0n) is 12.6. The maximum atomic E-state index is 2.30. The fraction of sp³-hybridized carbons (Fsp3) is 1.00. The Morgan fingerprint density at radius 2 is 1.28 bits per heavy atom. The van der Waals surface area contributed by atoms with Crippen LogP contribution in [0.4, 0.5) is 0 Å². The summed E-state index contributed by atoms with van der Waals surface area (Å²) in [7, 11) is 0. The highest BCUT2D eigenvalue weighted by molar-refractivity contribution is 7.99. The summed E-state index contributed by atoms with van der Waals surface area (Å²) in [5.74, 6) is 1.43. The van der Waals surface area contributed by atoms with Crippen LogP contribution in [0.25, 0.3) is 0 Å². The average molecular weight is 271 g/mol. The molecular formula is C17H34S. The molecule has 0 aliphatic heterocycles. The van der Waals surface area contributed by atoms with Crippen molar-refractivity contribution in [3.63, 3.8) is 0 Å². The predicted octanol–water partition coefficient (Wildman–Crippen LogP) is 6.58. The highest BCUT2D eigenvalue weighted by atomic mass is 32.2. The summed E-state index contributed by atoms with van der Waals surface area (Å²) in [6.45, 7) is 2.30. The first-order chi connectivity index (χ1) is 8.93. The molecule has 0 aromatic heterocycles. The molecular weight excluding hydrogens is 236 g/mol. The Balaban J connectivity index is 1.80. The summed E-state index contributed by atoms with van der Waals surface area (Å²) >= 11 is 2.28. The van der Waals surface area contributed by atoms with E-state index >= 15 is 0 Å². The van der Waals surface area contributed by atoms with Gasteiger partial charge in [-0.15, -0.1) is 0 Å².